The molecule has 0 spiro atoms. The highest BCUT2D eigenvalue weighted by Gasteiger charge is 2.29. The van der Waals surface area contributed by atoms with Crippen molar-refractivity contribution in [3.63, 3.8) is 0 Å². The number of benzene rings is 1. The Kier molecular flexibility index (Phi) is 14.5. The number of nitrogens with two attached hydrogens (primary N) is 3. The van der Waals surface area contributed by atoms with Gasteiger partial charge in [-0.25, -0.2) is 0 Å². The molecule has 2 aromatic rings. The minimum absolute atomic E-state index is 0.0505. The number of aromatic amines is 1. The molecule has 12 N–H and O–H groups in total. The number of carbonyl (C=O) groups is 3. The lowest BCUT2D eigenvalue weighted by molar-refractivity contribution is -0.133. The highest BCUT2D eigenvalue weighted by atomic mass is 16.2. The van der Waals surface area contributed by atoms with Crippen LogP contribution < -0.4 is 38.5 Å². The summed E-state index contributed by atoms with van der Waals surface area (Å²) >= 11 is 0. The second-order valence-electron chi connectivity index (χ2n) is 10.9. The molecule has 0 saturated carbocycles. The first kappa shape index (κ1) is 34.2. The lowest BCUT2D eigenvalue weighted by Gasteiger charge is -2.26. The standard InChI is InChI=1S/C29H46N9O4/c1-18(2)14-25(38-26(40)22(31)15-19-16-35-23-10-4-3-9-21(19)23)28(42)37-24(11-7-13-34-29(32)33)27(41)36-20(17-39)8-5-6-12-30/h3-4,9-10,16,18,20,22,24-25,35H,5-8,11-15,30-31H2,1-2H3,(H,36,41)(H,37,42)(H,38,40)(H4,32,33,34)/t20-,22-,24-,25-/m0/s1. The lowest BCUT2D eigenvalue weighted by Crippen LogP contribution is -2.57. The maximum atomic E-state index is 13.4. The predicted molar refractivity (Wildman–Crippen MR) is 163 cm³/mol. The molecule has 1 radical (unpaired) electrons. The van der Waals surface area contributed by atoms with E-state index in [1.54, 1.807) is 0 Å². The van der Waals surface area contributed by atoms with Crippen molar-refractivity contribution in [1.29, 1.82) is 5.41 Å². The van der Waals surface area contributed by atoms with E-state index in [1.165, 1.54) is 0 Å². The highest BCUT2D eigenvalue weighted by molar-refractivity contribution is 5.94. The molecule has 4 atom stereocenters. The van der Waals surface area contributed by atoms with Crippen LogP contribution in [0.3, 0.4) is 0 Å². The number of carbonyl (C=O) groups excluding carboxylic acids is 4. The van der Waals surface area contributed by atoms with E-state index in [-0.39, 0.29) is 24.7 Å². The van der Waals surface area contributed by atoms with Gasteiger partial charge in [0, 0.05) is 23.6 Å². The summed E-state index contributed by atoms with van der Waals surface area (Å²) in [7, 11) is 0. The number of rotatable bonds is 19. The van der Waals surface area contributed by atoms with Gasteiger partial charge < -0.3 is 43.5 Å². The van der Waals surface area contributed by atoms with Crippen molar-refractivity contribution in [1.82, 2.24) is 26.3 Å². The number of nitrogens with one attached hydrogen (secondary N) is 6. The quantitative estimate of drug-likeness (QED) is 0.0619. The van der Waals surface area contributed by atoms with Crippen LogP contribution in [0.15, 0.2) is 30.5 Å². The van der Waals surface area contributed by atoms with Crippen molar-refractivity contribution in [3.05, 3.63) is 36.0 Å². The summed E-state index contributed by atoms with van der Waals surface area (Å²) in [6.07, 6.45) is 6.56. The van der Waals surface area contributed by atoms with Crippen LogP contribution in [0.4, 0.5) is 0 Å². The van der Waals surface area contributed by atoms with Crippen LogP contribution in [0.2, 0.25) is 0 Å². The number of amides is 3. The first-order valence-corrected chi connectivity index (χ1v) is 14.4. The molecule has 13 nitrogen and oxygen atoms in total. The van der Waals surface area contributed by atoms with Gasteiger partial charge >= 0.3 is 0 Å². The number of guanidine groups is 1. The Hall–Kier alpha value is -3.97. The average molecular weight is 585 g/mol. The van der Waals surface area contributed by atoms with E-state index in [2.05, 4.69) is 26.3 Å². The van der Waals surface area contributed by atoms with Crippen molar-refractivity contribution >= 4 is 40.9 Å². The second kappa shape index (κ2) is 17.8. The van der Waals surface area contributed by atoms with E-state index in [0.717, 1.165) is 16.5 Å². The van der Waals surface area contributed by atoms with E-state index in [4.69, 9.17) is 22.6 Å². The molecule has 0 unspecified atom stereocenters. The highest BCUT2D eigenvalue weighted by Crippen LogP contribution is 2.19. The Morgan fingerprint density at radius 1 is 0.976 bits per heavy atom. The van der Waals surface area contributed by atoms with E-state index < -0.39 is 41.9 Å². The maximum Gasteiger partial charge on any atom is 0.243 e. The van der Waals surface area contributed by atoms with Crippen LogP contribution in [-0.2, 0) is 25.6 Å². The zero-order valence-corrected chi connectivity index (χ0v) is 24.5. The van der Waals surface area contributed by atoms with Gasteiger partial charge in [0.05, 0.1) is 12.1 Å². The minimum atomic E-state index is -0.997. The zero-order chi connectivity index (χ0) is 31.1. The number of H-pyrrole nitrogens is 1. The third kappa shape index (κ3) is 11.5. The Morgan fingerprint density at radius 3 is 2.33 bits per heavy atom. The summed E-state index contributed by atoms with van der Waals surface area (Å²) in [4.78, 5) is 54.3. The molecule has 0 aliphatic carbocycles. The molecular weight excluding hydrogens is 538 g/mol. The maximum absolute atomic E-state index is 13.4. The molecule has 1 aromatic heterocycles. The summed E-state index contributed by atoms with van der Waals surface area (Å²) in [5, 5.41) is 19.1. The van der Waals surface area contributed by atoms with Crippen LogP contribution in [0.5, 0.6) is 0 Å². The summed E-state index contributed by atoms with van der Waals surface area (Å²) in [6.45, 7) is 4.61. The fourth-order valence-electron chi connectivity index (χ4n) is 4.61. The minimum Gasteiger partial charge on any atom is -0.370 e. The van der Waals surface area contributed by atoms with Crippen molar-refractivity contribution in [3.8, 4) is 0 Å². The molecule has 2 rings (SSSR count). The van der Waals surface area contributed by atoms with Gasteiger partial charge in [-0.1, -0.05) is 32.0 Å². The summed E-state index contributed by atoms with van der Waals surface area (Å²) in [6, 6.07) is 4.03. The topological polar surface area (TPSA) is 234 Å². The molecule has 0 fully saturated rings. The molecule has 42 heavy (non-hydrogen) atoms. The first-order valence-electron chi connectivity index (χ1n) is 14.4. The van der Waals surface area contributed by atoms with Gasteiger partial charge in [-0.05, 0) is 69.0 Å². The monoisotopic (exact) mass is 584 g/mol. The Morgan fingerprint density at radius 2 is 1.67 bits per heavy atom. The summed E-state index contributed by atoms with van der Waals surface area (Å²) in [5.74, 6) is -1.72. The fraction of sp³-hybridized carbons (Fsp3) is 0.552. The van der Waals surface area contributed by atoms with Gasteiger partial charge in [0.25, 0.3) is 0 Å². The van der Waals surface area contributed by atoms with E-state index in [9.17, 15) is 19.2 Å². The number of hydrogen-bond donors (Lipinski definition) is 9. The Bertz CT molecular complexity index is 1180. The van der Waals surface area contributed by atoms with Gasteiger partial charge in [0.15, 0.2) is 5.96 Å². The third-order valence-corrected chi connectivity index (χ3v) is 6.82. The summed E-state index contributed by atoms with van der Waals surface area (Å²) in [5.41, 5.74) is 18.9. The molecule has 0 bridgehead atoms. The number of unbranched alkanes of at least 4 members (excludes halogenated alkanes) is 1. The smallest absolute Gasteiger partial charge is 0.243 e. The molecule has 1 heterocycles. The fourth-order valence-corrected chi connectivity index (χ4v) is 4.61. The van der Waals surface area contributed by atoms with Crippen LogP contribution >= 0.6 is 0 Å². The molecule has 13 heteroatoms. The Labute approximate surface area is 247 Å². The third-order valence-electron chi connectivity index (χ3n) is 6.82. The van der Waals surface area contributed by atoms with Gasteiger partial charge in [-0.2, -0.15) is 0 Å². The molecule has 231 valence electrons. The zero-order valence-electron chi connectivity index (χ0n) is 24.5. The molecule has 3 amide bonds. The first-order chi connectivity index (χ1) is 20.0. The van der Waals surface area contributed by atoms with E-state index in [1.807, 2.05) is 50.6 Å². The number of aromatic nitrogens is 1. The van der Waals surface area contributed by atoms with Crippen LogP contribution in [0.25, 0.3) is 10.9 Å². The van der Waals surface area contributed by atoms with Gasteiger partial charge in [-0.15, -0.1) is 0 Å². The van der Waals surface area contributed by atoms with Crippen molar-refractivity contribution in [2.75, 3.05) is 13.1 Å². The second-order valence-corrected chi connectivity index (χ2v) is 10.9. The molecule has 1 aromatic carbocycles. The predicted octanol–water partition coefficient (Wildman–Crippen LogP) is 0.0402. The van der Waals surface area contributed by atoms with Gasteiger partial charge in [0.1, 0.15) is 12.1 Å². The molecule has 0 saturated heterocycles. The molecule has 0 aliphatic rings. The van der Waals surface area contributed by atoms with Crippen LogP contribution in [0, 0.1) is 11.3 Å². The van der Waals surface area contributed by atoms with E-state index >= 15 is 0 Å². The van der Waals surface area contributed by atoms with E-state index in [0.29, 0.717) is 45.2 Å². The average Bonchev–Trinajstić information content (AvgIpc) is 3.35. The molecular formula is C29H46N9O4. The van der Waals surface area contributed by atoms with Gasteiger partial charge in [-0.3, -0.25) is 24.6 Å². The van der Waals surface area contributed by atoms with Crippen molar-refractivity contribution in [2.45, 2.75) is 83.0 Å². The largest absolute Gasteiger partial charge is 0.370 e. The van der Waals surface area contributed by atoms with Crippen molar-refractivity contribution < 1.29 is 19.2 Å². The molecule has 0 aliphatic heterocycles. The Balaban J connectivity index is 2.11. The van der Waals surface area contributed by atoms with Gasteiger partial charge in [0.2, 0.25) is 24.0 Å². The lowest BCUT2D eigenvalue weighted by atomic mass is 10.0. The number of fused-ring (bicyclic) bond motifs is 1. The number of para-hydroxylation sites is 1. The summed E-state index contributed by atoms with van der Waals surface area (Å²) < 4.78 is 0. The van der Waals surface area contributed by atoms with Crippen LogP contribution in [0.1, 0.15) is 57.9 Å². The number of hydrogen-bond acceptors (Lipinski definition) is 7. The van der Waals surface area contributed by atoms with Crippen LogP contribution in [-0.4, -0.2) is 72.2 Å². The SMILES string of the molecule is CC(C)C[C@H](NC(=O)[C@@H](N)Cc1c[nH]c2ccccc12)C(=O)N[C@@H](CCCNC(=N)N)C(=O)N[C@H]([C]=O)CCCCN. The normalized spacial score (nSPS) is 14.0. The van der Waals surface area contributed by atoms with Crippen molar-refractivity contribution in [2.24, 2.45) is 23.1 Å².